The smallest absolute Gasteiger partial charge is 0.233 e. The standard InChI is InChI=1S/C13H19ClN2OS/c1-9(12(17)16-13(2,3)8-15)18-11-7-5-4-6-10(11)14/h4-7,9H,8,15H2,1-3H3,(H,16,17). The Balaban J connectivity index is 2.63. The summed E-state index contributed by atoms with van der Waals surface area (Å²) in [5, 5.41) is 3.37. The molecule has 0 heterocycles. The van der Waals surface area contributed by atoms with Gasteiger partial charge in [-0.25, -0.2) is 0 Å². The molecule has 0 fully saturated rings. The summed E-state index contributed by atoms with van der Waals surface area (Å²) in [6.07, 6.45) is 0. The molecule has 0 saturated heterocycles. The van der Waals surface area contributed by atoms with Crippen LogP contribution in [0.3, 0.4) is 0 Å². The molecule has 0 aliphatic rings. The molecule has 100 valence electrons. The number of amides is 1. The highest BCUT2D eigenvalue weighted by Crippen LogP contribution is 2.30. The van der Waals surface area contributed by atoms with Crippen LogP contribution in [0, 0.1) is 0 Å². The third kappa shape index (κ3) is 4.52. The summed E-state index contributed by atoms with van der Waals surface area (Å²) in [6.45, 7) is 6.06. The minimum Gasteiger partial charge on any atom is -0.349 e. The second kappa shape index (κ2) is 6.45. The van der Waals surface area contributed by atoms with Crippen LogP contribution in [-0.4, -0.2) is 23.2 Å². The summed E-state index contributed by atoms with van der Waals surface area (Å²) in [7, 11) is 0. The van der Waals surface area contributed by atoms with E-state index >= 15 is 0 Å². The van der Waals surface area contributed by atoms with Gasteiger partial charge in [0.05, 0.1) is 10.3 Å². The number of carbonyl (C=O) groups excluding carboxylic acids is 1. The quantitative estimate of drug-likeness (QED) is 0.818. The van der Waals surface area contributed by atoms with Gasteiger partial charge in [0.2, 0.25) is 5.91 Å². The zero-order chi connectivity index (χ0) is 13.8. The Bertz CT molecular complexity index is 423. The maximum atomic E-state index is 12.0. The minimum absolute atomic E-state index is 0.0321. The molecule has 1 aromatic carbocycles. The normalized spacial score (nSPS) is 13.2. The number of thioether (sulfide) groups is 1. The van der Waals surface area contributed by atoms with Gasteiger partial charge in [-0.15, -0.1) is 11.8 Å². The number of halogens is 1. The van der Waals surface area contributed by atoms with E-state index in [9.17, 15) is 4.79 Å². The van der Waals surface area contributed by atoms with E-state index in [1.807, 2.05) is 45.0 Å². The molecule has 0 radical (unpaired) electrons. The monoisotopic (exact) mass is 286 g/mol. The topological polar surface area (TPSA) is 55.1 Å². The molecule has 0 saturated carbocycles. The zero-order valence-corrected chi connectivity index (χ0v) is 12.4. The lowest BCUT2D eigenvalue weighted by Crippen LogP contribution is -2.51. The van der Waals surface area contributed by atoms with Gasteiger partial charge in [0.15, 0.2) is 0 Å². The maximum Gasteiger partial charge on any atom is 0.233 e. The van der Waals surface area contributed by atoms with E-state index < -0.39 is 0 Å². The van der Waals surface area contributed by atoms with Crippen molar-refractivity contribution in [3.63, 3.8) is 0 Å². The van der Waals surface area contributed by atoms with Crippen LogP contribution in [0.25, 0.3) is 0 Å². The van der Waals surface area contributed by atoms with Gasteiger partial charge in [0.25, 0.3) is 0 Å². The van der Waals surface area contributed by atoms with Gasteiger partial charge in [-0.1, -0.05) is 23.7 Å². The Kier molecular flexibility index (Phi) is 5.50. The predicted molar refractivity (Wildman–Crippen MR) is 78.0 cm³/mol. The lowest BCUT2D eigenvalue weighted by Gasteiger charge is -2.26. The molecule has 1 atom stereocenters. The second-order valence-corrected chi connectivity index (χ2v) is 6.56. The SMILES string of the molecule is CC(Sc1ccccc1Cl)C(=O)NC(C)(C)CN. The lowest BCUT2D eigenvalue weighted by atomic mass is 10.1. The van der Waals surface area contributed by atoms with E-state index in [-0.39, 0.29) is 16.7 Å². The molecule has 1 amide bonds. The fourth-order valence-electron chi connectivity index (χ4n) is 1.27. The Morgan fingerprint density at radius 3 is 2.67 bits per heavy atom. The van der Waals surface area contributed by atoms with Crippen molar-refractivity contribution in [2.45, 2.75) is 36.5 Å². The number of hydrogen-bond donors (Lipinski definition) is 2. The van der Waals surface area contributed by atoms with Crippen molar-refractivity contribution in [2.75, 3.05) is 6.54 Å². The molecule has 0 aliphatic carbocycles. The summed E-state index contributed by atoms with van der Waals surface area (Å²) in [4.78, 5) is 12.9. The van der Waals surface area contributed by atoms with Crippen LogP contribution in [0.15, 0.2) is 29.2 Å². The van der Waals surface area contributed by atoms with Crippen molar-refractivity contribution in [3.8, 4) is 0 Å². The highest BCUT2D eigenvalue weighted by atomic mass is 35.5. The zero-order valence-electron chi connectivity index (χ0n) is 10.9. The van der Waals surface area contributed by atoms with Crippen LogP contribution in [-0.2, 0) is 4.79 Å². The average molecular weight is 287 g/mol. The Hall–Kier alpha value is -0.710. The predicted octanol–water partition coefficient (Wildman–Crippen LogP) is 2.67. The first-order valence-corrected chi connectivity index (χ1v) is 7.05. The average Bonchev–Trinajstić information content (AvgIpc) is 2.31. The van der Waals surface area contributed by atoms with Crippen molar-refractivity contribution < 1.29 is 4.79 Å². The summed E-state index contributed by atoms with van der Waals surface area (Å²) >= 11 is 7.51. The molecule has 5 heteroatoms. The van der Waals surface area contributed by atoms with Crippen LogP contribution >= 0.6 is 23.4 Å². The minimum atomic E-state index is -0.383. The first-order chi connectivity index (χ1) is 8.35. The van der Waals surface area contributed by atoms with Crippen LogP contribution in [0.1, 0.15) is 20.8 Å². The van der Waals surface area contributed by atoms with Crippen molar-refractivity contribution >= 4 is 29.3 Å². The summed E-state index contributed by atoms with van der Waals surface area (Å²) in [5.74, 6) is -0.0321. The van der Waals surface area contributed by atoms with Crippen molar-refractivity contribution in [1.29, 1.82) is 0 Å². The van der Waals surface area contributed by atoms with Gasteiger partial charge in [0.1, 0.15) is 0 Å². The van der Waals surface area contributed by atoms with E-state index in [0.29, 0.717) is 11.6 Å². The maximum absolute atomic E-state index is 12.0. The number of benzene rings is 1. The molecule has 1 aromatic rings. The fraction of sp³-hybridized carbons (Fsp3) is 0.462. The van der Waals surface area contributed by atoms with Gasteiger partial charge in [-0.05, 0) is 32.9 Å². The highest BCUT2D eigenvalue weighted by Gasteiger charge is 2.23. The van der Waals surface area contributed by atoms with Crippen molar-refractivity contribution in [2.24, 2.45) is 5.73 Å². The van der Waals surface area contributed by atoms with Crippen LogP contribution < -0.4 is 11.1 Å². The molecule has 1 unspecified atom stereocenters. The first kappa shape index (κ1) is 15.3. The Labute approximate surface area is 117 Å². The molecular formula is C13H19ClN2OS. The van der Waals surface area contributed by atoms with Crippen LogP contribution in [0.2, 0.25) is 5.02 Å². The van der Waals surface area contributed by atoms with Crippen molar-refractivity contribution in [1.82, 2.24) is 5.32 Å². The molecule has 0 spiro atoms. The van der Waals surface area contributed by atoms with Gasteiger partial charge in [-0.2, -0.15) is 0 Å². The fourth-order valence-corrected chi connectivity index (χ4v) is 2.42. The summed E-state index contributed by atoms with van der Waals surface area (Å²) in [5.41, 5.74) is 5.21. The molecule has 0 aromatic heterocycles. The molecule has 3 N–H and O–H groups in total. The van der Waals surface area contributed by atoms with Gasteiger partial charge in [-0.3, -0.25) is 4.79 Å². The van der Waals surface area contributed by atoms with Crippen LogP contribution in [0.5, 0.6) is 0 Å². The molecule has 0 aliphatic heterocycles. The highest BCUT2D eigenvalue weighted by molar-refractivity contribution is 8.00. The number of carbonyl (C=O) groups is 1. The number of nitrogens with two attached hydrogens (primary N) is 1. The first-order valence-electron chi connectivity index (χ1n) is 5.79. The summed E-state index contributed by atoms with van der Waals surface area (Å²) in [6, 6.07) is 7.50. The third-order valence-electron chi connectivity index (χ3n) is 2.48. The van der Waals surface area contributed by atoms with E-state index in [0.717, 1.165) is 4.90 Å². The van der Waals surface area contributed by atoms with E-state index in [1.54, 1.807) is 0 Å². The molecule has 0 bridgehead atoms. The second-order valence-electron chi connectivity index (χ2n) is 4.77. The molecule has 18 heavy (non-hydrogen) atoms. The lowest BCUT2D eigenvalue weighted by molar-refractivity contribution is -0.121. The van der Waals surface area contributed by atoms with E-state index in [2.05, 4.69) is 5.32 Å². The van der Waals surface area contributed by atoms with E-state index in [1.165, 1.54) is 11.8 Å². The summed E-state index contributed by atoms with van der Waals surface area (Å²) < 4.78 is 0. The number of rotatable bonds is 5. The van der Waals surface area contributed by atoms with Gasteiger partial charge in [0, 0.05) is 17.0 Å². The Morgan fingerprint density at radius 2 is 2.11 bits per heavy atom. The largest absolute Gasteiger partial charge is 0.349 e. The Morgan fingerprint density at radius 1 is 1.50 bits per heavy atom. The molecule has 1 rings (SSSR count). The van der Waals surface area contributed by atoms with Crippen LogP contribution in [0.4, 0.5) is 0 Å². The molecule has 3 nitrogen and oxygen atoms in total. The van der Waals surface area contributed by atoms with Gasteiger partial charge >= 0.3 is 0 Å². The number of hydrogen-bond acceptors (Lipinski definition) is 3. The number of nitrogens with one attached hydrogen (secondary N) is 1. The molecular weight excluding hydrogens is 268 g/mol. The van der Waals surface area contributed by atoms with Crippen molar-refractivity contribution in [3.05, 3.63) is 29.3 Å². The van der Waals surface area contributed by atoms with Gasteiger partial charge < -0.3 is 11.1 Å². The third-order valence-corrected chi connectivity index (χ3v) is 4.10. The van der Waals surface area contributed by atoms with E-state index in [4.69, 9.17) is 17.3 Å².